The van der Waals surface area contributed by atoms with E-state index >= 15 is 0 Å². The molecule has 2 heterocycles. The van der Waals surface area contributed by atoms with Crippen LogP contribution in [0.3, 0.4) is 0 Å². The summed E-state index contributed by atoms with van der Waals surface area (Å²) in [7, 11) is 0. The summed E-state index contributed by atoms with van der Waals surface area (Å²) in [5.41, 5.74) is 1.17. The highest BCUT2D eigenvalue weighted by Crippen LogP contribution is 2.27. The van der Waals surface area contributed by atoms with Crippen LogP contribution in [0.1, 0.15) is 0 Å². The minimum atomic E-state index is 0.396. The number of H-pyrrole nitrogens is 1. The molecule has 0 radical (unpaired) electrons. The molecule has 0 unspecified atom stereocenters. The Bertz CT molecular complexity index is 440. The van der Waals surface area contributed by atoms with Gasteiger partial charge in [-0.2, -0.15) is 5.10 Å². The van der Waals surface area contributed by atoms with E-state index in [-0.39, 0.29) is 0 Å². The molecule has 1 N–H and O–H groups in total. The van der Waals surface area contributed by atoms with Crippen molar-refractivity contribution >= 4 is 50.2 Å². The van der Waals surface area contributed by atoms with Crippen LogP contribution in [0.2, 0.25) is 10.2 Å². The first kappa shape index (κ1) is 8.29. The molecule has 0 aliphatic rings. The lowest BCUT2D eigenvalue weighted by molar-refractivity contribution is 1.12. The van der Waals surface area contributed by atoms with Crippen LogP contribution in [-0.2, 0) is 0 Å². The minimum absolute atomic E-state index is 0.396. The molecular weight excluding hydrogens is 265 g/mol. The molecule has 0 atom stereocenters. The molecule has 6 heteroatoms. The first-order valence-electron chi connectivity index (χ1n) is 3.04. The van der Waals surface area contributed by atoms with Crippen molar-refractivity contribution in [3.8, 4) is 0 Å². The maximum atomic E-state index is 5.86. The van der Waals surface area contributed by atoms with Gasteiger partial charge < -0.3 is 0 Å². The summed E-state index contributed by atoms with van der Waals surface area (Å²) in [4.78, 5) is 4.10. The van der Waals surface area contributed by atoms with Gasteiger partial charge in [0.1, 0.15) is 15.6 Å². The van der Waals surface area contributed by atoms with Gasteiger partial charge in [0.2, 0.25) is 0 Å². The quantitative estimate of drug-likeness (QED) is 0.745. The SMILES string of the molecule is Clc1cc(Br)nc2c(Cl)[nH]nc12. The van der Waals surface area contributed by atoms with Gasteiger partial charge in [-0.3, -0.25) is 5.10 Å². The van der Waals surface area contributed by atoms with E-state index < -0.39 is 0 Å². The van der Waals surface area contributed by atoms with E-state index in [0.717, 1.165) is 0 Å². The second kappa shape index (κ2) is 2.87. The molecule has 0 saturated carbocycles. The van der Waals surface area contributed by atoms with E-state index in [4.69, 9.17) is 23.2 Å². The fourth-order valence-corrected chi connectivity index (χ4v) is 1.84. The lowest BCUT2D eigenvalue weighted by Crippen LogP contribution is -1.78. The van der Waals surface area contributed by atoms with E-state index in [2.05, 4.69) is 31.1 Å². The number of nitrogens with zero attached hydrogens (tertiary/aromatic N) is 2. The van der Waals surface area contributed by atoms with Crippen molar-refractivity contribution in [1.29, 1.82) is 0 Å². The summed E-state index contributed by atoms with van der Waals surface area (Å²) in [6.07, 6.45) is 0. The second-order valence-electron chi connectivity index (χ2n) is 2.16. The zero-order valence-corrected chi connectivity index (χ0v) is 8.70. The summed E-state index contributed by atoms with van der Waals surface area (Å²) in [5.74, 6) is 0. The molecule has 0 aromatic carbocycles. The molecule has 62 valence electrons. The van der Waals surface area contributed by atoms with Gasteiger partial charge in [-0.15, -0.1) is 0 Å². The maximum Gasteiger partial charge on any atom is 0.150 e. The molecule has 2 rings (SSSR count). The van der Waals surface area contributed by atoms with Gasteiger partial charge in [-0.05, 0) is 22.0 Å². The predicted octanol–water partition coefficient (Wildman–Crippen LogP) is 3.03. The summed E-state index contributed by atoms with van der Waals surface area (Å²) in [5, 5.41) is 7.40. The number of halogens is 3. The molecule has 0 aliphatic heterocycles. The molecule has 0 fully saturated rings. The third kappa shape index (κ3) is 1.20. The highest BCUT2D eigenvalue weighted by atomic mass is 79.9. The zero-order chi connectivity index (χ0) is 8.72. The normalized spacial score (nSPS) is 10.9. The minimum Gasteiger partial charge on any atom is -0.265 e. The van der Waals surface area contributed by atoms with Crippen LogP contribution < -0.4 is 0 Å². The van der Waals surface area contributed by atoms with Crippen molar-refractivity contribution in [3.63, 3.8) is 0 Å². The van der Waals surface area contributed by atoms with Gasteiger partial charge in [0.15, 0.2) is 5.15 Å². The molecule has 2 aromatic rings. The Hall–Kier alpha value is -0.320. The molecule has 0 spiro atoms. The van der Waals surface area contributed by atoms with Crippen molar-refractivity contribution in [2.75, 3.05) is 0 Å². The standard InChI is InChI=1S/C6H2BrCl2N3/c7-3-1-2(8)4-5(10-3)6(9)12-11-4/h1H,(H,11,12). The zero-order valence-electron chi connectivity index (χ0n) is 5.61. The van der Waals surface area contributed by atoms with E-state index in [1.807, 2.05) is 0 Å². The van der Waals surface area contributed by atoms with Crippen molar-refractivity contribution in [3.05, 3.63) is 20.8 Å². The maximum absolute atomic E-state index is 5.86. The van der Waals surface area contributed by atoms with Crippen LogP contribution in [-0.4, -0.2) is 15.2 Å². The third-order valence-corrected chi connectivity index (χ3v) is 2.35. The lowest BCUT2D eigenvalue weighted by Gasteiger charge is -1.92. The monoisotopic (exact) mass is 265 g/mol. The number of rotatable bonds is 0. The highest BCUT2D eigenvalue weighted by Gasteiger charge is 2.08. The second-order valence-corrected chi connectivity index (χ2v) is 3.76. The topological polar surface area (TPSA) is 41.6 Å². The summed E-state index contributed by atoms with van der Waals surface area (Å²) < 4.78 is 0.642. The van der Waals surface area contributed by atoms with Crippen LogP contribution in [0.25, 0.3) is 11.0 Å². The summed E-state index contributed by atoms with van der Waals surface area (Å²) in [6.45, 7) is 0. The Labute approximate surface area is 86.2 Å². The molecule has 12 heavy (non-hydrogen) atoms. The number of fused-ring (bicyclic) bond motifs is 1. The van der Waals surface area contributed by atoms with E-state index in [9.17, 15) is 0 Å². The number of hydrogen-bond acceptors (Lipinski definition) is 2. The molecule has 0 bridgehead atoms. The Morgan fingerprint density at radius 1 is 1.33 bits per heavy atom. The van der Waals surface area contributed by atoms with E-state index in [1.54, 1.807) is 6.07 Å². The van der Waals surface area contributed by atoms with Gasteiger partial charge in [-0.25, -0.2) is 4.98 Å². The van der Waals surface area contributed by atoms with Crippen molar-refractivity contribution in [1.82, 2.24) is 15.2 Å². The number of pyridine rings is 1. The van der Waals surface area contributed by atoms with Crippen LogP contribution in [0, 0.1) is 0 Å². The summed E-state index contributed by atoms with van der Waals surface area (Å²) in [6, 6.07) is 1.67. The van der Waals surface area contributed by atoms with Crippen LogP contribution in [0.4, 0.5) is 0 Å². The fraction of sp³-hybridized carbons (Fsp3) is 0. The molecule has 3 nitrogen and oxygen atoms in total. The first-order chi connectivity index (χ1) is 5.68. The Balaban J connectivity index is 2.92. The highest BCUT2D eigenvalue weighted by molar-refractivity contribution is 9.10. The van der Waals surface area contributed by atoms with E-state index in [0.29, 0.717) is 25.8 Å². The van der Waals surface area contributed by atoms with Crippen LogP contribution >= 0.6 is 39.1 Å². The molecule has 0 aliphatic carbocycles. The average Bonchev–Trinajstić information content (AvgIpc) is 2.33. The largest absolute Gasteiger partial charge is 0.265 e. The number of nitrogens with one attached hydrogen (secondary N) is 1. The first-order valence-corrected chi connectivity index (χ1v) is 4.59. The molecule has 0 amide bonds. The number of hydrogen-bond donors (Lipinski definition) is 1. The number of aromatic nitrogens is 3. The predicted molar refractivity (Wildman–Crippen MR) is 51.6 cm³/mol. The van der Waals surface area contributed by atoms with Crippen molar-refractivity contribution < 1.29 is 0 Å². The smallest absolute Gasteiger partial charge is 0.150 e. The Morgan fingerprint density at radius 3 is 2.83 bits per heavy atom. The molecule has 2 aromatic heterocycles. The van der Waals surface area contributed by atoms with Gasteiger partial charge in [0, 0.05) is 0 Å². The Morgan fingerprint density at radius 2 is 2.08 bits per heavy atom. The summed E-state index contributed by atoms with van der Waals surface area (Å²) >= 11 is 14.8. The fourth-order valence-electron chi connectivity index (χ4n) is 0.895. The van der Waals surface area contributed by atoms with Crippen molar-refractivity contribution in [2.45, 2.75) is 0 Å². The molecule has 0 saturated heterocycles. The van der Waals surface area contributed by atoms with Gasteiger partial charge in [-0.1, -0.05) is 23.2 Å². The van der Waals surface area contributed by atoms with Gasteiger partial charge >= 0.3 is 0 Å². The Kier molecular flexibility index (Phi) is 1.98. The third-order valence-electron chi connectivity index (χ3n) is 1.39. The van der Waals surface area contributed by atoms with E-state index in [1.165, 1.54) is 0 Å². The van der Waals surface area contributed by atoms with Gasteiger partial charge in [0.05, 0.1) is 5.02 Å². The molecular formula is C6H2BrCl2N3. The number of aromatic amines is 1. The lowest BCUT2D eigenvalue weighted by atomic mass is 10.4. The van der Waals surface area contributed by atoms with Gasteiger partial charge in [0.25, 0.3) is 0 Å². The van der Waals surface area contributed by atoms with Crippen molar-refractivity contribution in [2.24, 2.45) is 0 Å². The average molecular weight is 267 g/mol. The van der Waals surface area contributed by atoms with Crippen LogP contribution in [0.5, 0.6) is 0 Å². The van der Waals surface area contributed by atoms with Crippen LogP contribution in [0.15, 0.2) is 10.7 Å².